The quantitative estimate of drug-likeness (QED) is 0.525. The molecule has 2 aliphatic carbocycles. The number of rotatable bonds is 4. The van der Waals surface area contributed by atoms with Crippen LogP contribution in [0.1, 0.15) is 74.8 Å². The minimum absolute atomic E-state index is 0.745. The van der Waals surface area contributed by atoms with Gasteiger partial charge >= 0.3 is 0 Å². The van der Waals surface area contributed by atoms with Crippen LogP contribution in [0.5, 0.6) is 0 Å². The summed E-state index contributed by atoms with van der Waals surface area (Å²) in [7, 11) is 0. The Morgan fingerprint density at radius 3 is 2.76 bits per heavy atom. The Bertz CT molecular complexity index is 512. The third-order valence-electron chi connectivity index (χ3n) is 4.61. The molecular weight excluding hydrogens is 258 g/mol. The van der Waals surface area contributed by atoms with Gasteiger partial charge in [0.05, 0.1) is 6.21 Å². The molecule has 112 valence electrons. The molecule has 1 saturated carbocycles. The molecule has 21 heavy (non-hydrogen) atoms. The SMILES string of the molecule is C(=NOC1=CCCCC1)c1cccc(C2CCCCC2)c1. The molecule has 0 unspecified atom stereocenters. The van der Waals surface area contributed by atoms with Gasteiger partial charge in [0.2, 0.25) is 0 Å². The zero-order valence-corrected chi connectivity index (χ0v) is 12.8. The van der Waals surface area contributed by atoms with Crippen LogP contribution < -0.4 is 0 Å². The molecule has 1 aromatic carbocycles. The van der Waals surface area contributed by atoms with Gasteiger partial charge in [0.15, 0.2) is 0 Å². The predicted molar refractivity (Wildman–Crippen MR) is 87.5 cm³/mol. The van der Waals surface area contributed by atoms with E-state index in [1.165, 1.54) is 50.5 Å². The van der Waals surface area contributed by atoms with Crippen LogP contribution in [-0.2, 0) is 4.84 Å². The maximum Gasteiger partial charge on any atom is 0.131 e. The van der Waals surface area contributed by atoms with Crippen LogP contribution in [-0.4, -0.2) is 6.21 Å². The van der Waals surface area contributed by atoms with E-state index in [1.807, 2.05) is 6.21 Å². The van der Waals surface area contributed by atoms with Crippen LogP contribution in [0, 0.1) is 0 Å². The monoisotopic (exact) mass is 283 g/mol. The zero-order valence-electron chi connectivity index (χ0n) is 12.8. The molecule has 0 N–H and O–H groups in total. The number of hydrogen-bond acceptors (Lipinski definition) is 2. The highest BCUT2D eigenvalue weighted by molar-refractivity contribution is 5.79. The van der Waals surface area contributed by atoms with Crippen molar-refractivity contribution in [1.29, 1.82) is 0 Å². The van der Waals surface area contributed by atoms with Crippen molar-refractivity contribution in [3.63, 3.8) is 0 Å². The summed E-state index contributed by atoms with van der Waals surface area (Å²) in [6, 6.07) is 8.79. The molecular formula is C19H25NO. The first-order chi connectivity index (χ1) is 10.4. The van der Waals surface area contributed by atoms with E-state index < -0.39 is 0 Å². The standard InChI is InChI=1S/C19H25NO/c1-3-9-17(10-4-1)18-11-7-8-16(14-18)15-20-21-19-12-5-2-6-13-19/h7-8,11-12,14-15,17H,1-6,9-10,13H2. The van der Waals surface area contributed by atoms with Crippen molar-refractivity contribution in [3.05, 3.63) is 47.2 Å². The normalized spacial score (nSPS) is 20.5. The first-order valence-electron chi connectivity index (χ1n) is 8.41. The summed E-state index contributed by atoms with van der Waals surface area (Å²) >= 11 is 0. The van der Waals surface area contributed by atoms with E-state index in [4.69, 9.17) is 4.84 Å². The molecule has 2 nitrogen and oxygen atoms in total. The Morgan fingerprint density at radius 2 is 1.95 bits per heavy atom. The second kappa shape index (κ2) is 7.44. The second-order valence-corrected chi connectivity index (χ2v) is 6.25. The first kappa shape index (κ1) is 14.4. The summed E-state index contributed by atoms with van der Waals surface area (Å²) < 4.78 is 0. The Balaban J connectivity index is 1.61. The van der Waals surface area contributed by atoms with E-state index in [1.54, 1.807) is 0 Å². The molecule has 0 atom stereocenters. The Kier molecular flexibility index (Phi) is 5.09. The lowest BCUT2D eigenvalue weighted by atomic mass is 9.84. The predicted octanol–water partition coefficient (Wildman–Crippen LogP) is 5.54. The van der Waals surface area contributed by atoms with Crippen LogP contribution in [0.3, 0.4) is 0 Å². The maximum absolute atomic E-state index is 5.50. The highest BCUT2D eigenvalue weighted by Crippen LogP contribution is 2.32. The highest BCUT2D eigenvalue weighted by atomic mass is 16.6. The number of benzene rings is 1. The molecule has 0 bridgehead atoms. The molecule has 0 saturated heterocycles. The lowest BCUT2D eigenvalue weighted by Crippen LogP contribution is -2.04. The lowest BCUT2D eigenvalue weighted by Gasteiger charge is -2.22. The Labute approximate surface area is 127 Å². The van der Waals surface area contributed by atoms with Gasteiger partial charge in [0.25, 0.3) is 0 Å². The van der Waals surface area contributed by atoms with Gasteiger partial charge in [0.1, 0.15) is 5.76 Å². The summed E-state index contributed by atoms with van der Waals surface area (Å²) in [5.41, 5.74) is 2.62. The second-order valence-electron chi connectivity index (χ2n) is 6.25. The van der Waals surface area contributed by atoms with Crippen molar-refractivity contribution in [3.8, 4) is 0 Å². The van der Waals surface area contributed by atoms with Crippen molar-refractivity contribution < 1.29 is 4.84 Å². The summed E-state index contributed by atoms with van der Waals surface area (Å²) in [4.78, 5) is 5.50. The fourth-order valence-corrected chi connectivity index (χ4v) is 3.38. The molecule has 2 aliphatic rings. The molecule has 3 rings (SSSR count). The van der Waals surface area contributed by atoms with Crippen molar-refractivity contribution in [2.45, 2.75) is 63.7 Å². The van der Waals surface area contributed by atoms with E-state index in [-0.39, 0.29) is 0 Å². The number of oxime groups is 1. The van der Waals surface area contributed by atoms with Crippen molar-refractivity contribution in [2.24, 2.45) is 5.16 Å². The summed E-state index contributed by atoms with van der Waals surface area (Å²) in [6.07, 6.45) is 15.5. The molecule has 0 aliphatic heterocycles. The van der Waals surface area contributed by atoms with E-state index >= 15 is 0 Å². The van der Waals surface area contributed by atoms with E-state index in [0.717, 1.165) is 30.1 Å². The minimum atomic E-state index is 0.745. The molecule has 0 spiro atoms. The lowest BCUT2D eigenvalue weighted by molar-refractivity contribution is 0.210. The maximum atomic E-state index is 5.50. The van der Waals surface area contributed by atoms with Crippen molar-refractivity contribution in [2.75, 3.05) is 0 Å². The number of allylic oxidation sites excluding steroid dienone is 2. The Hall–Kier alpha value is -1.57. The largest absolute Gasteiger partial charge is 0.362 e. The van der Waals surface area contributed by atoms with Gasteiger partial charge in [-0.3, -0.25) is 0 Å². The topological polar surface area (TPSA) is 21.6 Å². The molecule has 1 aromatic rings. The number of nitrogens with zero attached hydrogens (tertiary/aromatic N) is 1. The summed E-state index contributed by atoms with van der Waals surface area (Å²) in [5, 5.41) is 4.16. The van der Waals surface area contributed by atoms with Crippen LogP contribution in [0.25, 0.3) is 0 Å². The van der Waals surface area contributed by atoms with Crippen LogP contribution in [0.4, 0.5) is 0 Å². The van der Waals surface area contributed by atoms with E-state index in [2.05, 4.69) is 35.5 Å². The van der Waals surface area contributed by atoms with Crippen molar-refractivity contribution in [1.82, 2.24) is 0 Å². The zero-order chi connectivity index (χ0) is 14.3. The molecule has 0 amide bonds. The highest BCUT2D eigenvalue weighted by Gasteiger charge is 2.15. The average molecular weight is 283 g/mol. The van der Waals surface area contributed by atoms with Crippen LogP contribution in [0.2, 0.25) is 0 Å². The van der Waals surface area contributed by atoms with Crippen LogP contribution >= 0.6 is 0 Å². The van der Waals surface area contributed by atoms with Gasteiger partial charge in [-0.15, -0.1) is 0 Å². The van der Waals surface area contributed by atoms with Gasteiger partial charge in [-0.05, 0) is 61.3 Å². The third-order valence-corrected chi connectivity index (χ3v) is 4.61. The average Bonchev–Trinajstić information content (AvgIpc) is 2.57. The first-order valence-corrected chi connectivity index (χ1v) is 8.41. The fourth-order valence-electron chi connectivity index (χ4n) is 3.38. The summed E-state index contributed by atoms with van der Waals surface area (Å²) in [6.45, 7) is 0. The molecule has 0 radical (unpaired) electrons. The smallest absolute Gasteiger partial charge is 0.131 e. The molecule has 0 heterocycles. The number of hydrogen-bond donors (Lipinski definition) is 0. The van der Waals surface area contributed by atoms with Crippen molar-refractivity contribution >= 4 is 6.21 Å². The van der Waals surface area contributed by atoms with E-state index in [0.29, 0.717) is 0 Å². The van der Waals surface area contributed by atoms with Gasteiger partial charge < -0.3 is 4.84 Å². The molecule has 1 fully saturated rings. The molecule has 0 aromatic heterocycles. The fraction of sp³-hybridized carbons (Fsp3) is 0.526. The van der Waals surface area contributed by atoms with Gasteiger partial charge in [-0.1, -0.05) is 42.6 Å². The van der Waals surface area contributed by atoms with E-state index in [9.17, 15) is 0 Å². The Morgan fingerprint density at radius 1 is 1.05 bits per heavy atom. The van der Waals surface area contributed by atoms with Gasteiger partial charge in [-0.25, -0.2) is 0 Å². The van der Waals surface area contributed by atoms with Crippen LogP contribution in [0.15, 0.2) is 41.3 Å². The molecule has 2 heteroatoms. The summed E-state index contributed by atoms with van der Waals surface area (Å²) in [5.74, 6) is 1.77. The third kappa shape index (κ3) is 4.20. The minimum Gasteiger partial charge on any atom is -0.362 e. The van der Waals surface area contributed by atoms with Gasteiger partial charge in [0, 0.05) is 6.42 Å². The van der Waals surface area contributed by atoms with Gasteiger partial charge in [-0.2, -0.15) is 0 Å².